The molecule has 2 N–H and O–H groups in total. The molecule has 2 rings (SSSR count). The summed E-state index contributed by atoms with van der Waals surface area (Å²) in [6.07, 6.45) is 0.323. The van der Waals surface area contributed by atoms with Crippen molar-refractivity contribution in [2.75, 3.05) is 16.8 Å². The van der Waals surface area contributed by atoms with E-state index >= 15 is 0 Å². The Bertz CT molecular complexity index is 690. The molecule has 2 amide bonds. The van der Waals surface area contributed by atoms with Crippen LogP contribution in [0.5, 0.6) is 0 Å². The van der Waals surface area contributed by atoms with Crippen molar-refractivity contribution < 1.29 is 14.1 Å². The highest BCUT2D eigenvalue weighted by molar-refractivity contribution is 9.10. The van der Waals surface area contributed by atoms with E-state index in [0.29, 0.717) is 29.6 Å². The highest BCUT2D eigenvalue weighted by Crippen LogP contribution is 2.14. The number of nitrogens with zero attached hydrogens (tertiary/aromatic N) is 2. The van der Waals surface area contributed by atoms with Crippen LogP contribution in [0.25, 0.3) is 0 Å². The average Bonchev–Trinajstić information content (AvgIpc) is 2.97. The molecule has 0 aliphatic carbocycles. The third-order valence-electron chi connectivity index (χ3n) is 2.84. The lowest BCUT2D eigenvalue weighted by Gasteiger charge is -2.05. The minimum atomic E-state index is -0.119. The lowest BCUT2D eigenvalue weighted by molar-refractivity contribution is -0.121. The predicted molar refractivity (Wildman–Crippen MR) is 95.6 cm³/mol. The molecule has 128 valence electrons. The zero-order valence-corrected chi connectivity index (χ0v) is 15.4. The van der Waals surface area contributed by atoms with Crippen LogP contribution in [0.4, 0.5) is 5.69 Å². The van der Waals surface area contributed by atoms with E-state index in [2.05, 4.69) is 36.7 Å². The normalized spacial score (nSPS) is 10.4. The second-order valence-corrected chi connectivity index (χ2v) is 6.89. The van der Waals surface area contributed by atoms with Gasteiger partial charge in [0.15, 0.2) is 5.82 Å². The van der Waals surface area contributed by atoms with Crippen LogP contribution >= 0.6 is 27.7 Å². The molecular weight excluding hydrogens is 396 g/mol. The maximum Gasteiger partial charge on any atom is 0.246 e. The number of aromatic nitrogens is 2. The lowest BCUT2D eigenvalue weighted by Crippen LogP contribution is -2.23. The summed E-state index contributed by atoms with van der Waals surface area (Å²) in [5.41, 5.74) is 0.747. The summed E-state index contributed by atoms with van der Waals surface area (Å²) in [4.78, 5) is 27.4. The third kappa shape index (κ3) is 6.71. The molecule has 0 aliphatic heterocycles. The lowest BCUT2D eigenvalue weighted by atomic mass is 10.3. The molecule has 9 heteroatoms. The van der Waals surface area contributed by atoms with Crippen molar-refractivity contribution in [3.8, 4) is 0 Å². The fourth-order valence-electron chi connectivity index (χ4n) is 1.73. The summed E-state index contributed by atoms with van der Waals surface area (Å²) in [7, 11) is 0. The smallest absolute Gasteiger partial charge is 0.246 e. The number of carbonyl (C=O) groups excluding carboxylic acids is 2. The van der Waals surface area contributed by atoms with E-state index in [1.165, 1.54) is 11.8 Å². The van der Waals surface area contributed by atoms with Gasteiger partial charge in [0.2, 0.25) is 17.7 Å². The van der Waals surface area contributed by atoms with Crippen LogP contribution in [0.1, 0.15) is 18.1 Å². The molecule has 24 heavy (non-hydrogen) atoms. The second-order valence-electron chi connectivity index (χ2n) is 4.87. The first-order chi connectivity index (χ1) is 11.5. The first-order valence-electron chi connectivity index (χ1n) is 7.22. The Balaban J connectivity index is 1.57. The van der Waals surface area contributed by atoms with E-state index in [1.54, 1.807) is 6.92 Å². The van der Waals surface area contributed by atoms with Crippen molar-refractivity contribution in [3.05, 3.63) is 40.5 Å². The molecule has 0 saturated heterocycles. The predicted octanol–water partition coefficient (Wildman–Crippen LogP) is 2.52. The van der Waals surface area contributed by atoms with Crippen LogP contribution in [0.3, 0.4) is 0 Å². The van der Waals surface area contributed by atoms with E-state index in [0.717, 1.165) is 10.2 Å². The van der Waals surface area contributed by atoms with E-state index < -0.39 is 0 Å². The fraction of sp³-hybridized carbons (Fsp3) is 0.333. The van der Waals surface area contributed by atoms with Crippen molar-refractivity contribution in [2.45, 2.75) is 19.9 Å². The molecule has 0 fully saturated rings. The standard InChI is InChI=1S/C15H17BrN4O3S/c1-10-18-15(23-20-10)8-17-13(21)6-7-24-9-14(22)19-12-4-2-11(16)3-5-12/h2-5H,6-9H2,1H3,(H,17,21)(H,19,22). The first kappa shape index (κ1) is 18.5. The van der Waals surface area contributed by atoms with Gasteiger partial charge in [-0.1, -0.05) is 21.1 Å². The molecule has 0 spiro atoms. The van der Waals surface area contributed by atoms with Gasteiger partial charge in [-0.25, -0.2) is 0 Å². The number of hydrogen-bond donors (Lipinski definition) is 2. The minimum Gasteiger partial charge on any atom is -0.347 e. The number of nitrogens with one attached hydrogen (secondary N) is 2. The van der Waals surface area contributed by atoms with Gasteiger partial charge < -0.3 is 15.2 Å². The van der Waals surface area contributed by atoms with E-state index in [1.807, 2.05) is 24.3 Å². The quantitative estimate of drug-likeness (QED) is 0.646. The Labute approximate surface area is 152 Å². The van der Waals surface area contributed by atoms with Gasteiger partial charge in [0.05, 0.1) is 12.3 Å². The number of benzene rings is 1. The van der Waals surface area contributed by atoms with Crippen molar-refractivity contribution in [3.63, 3.8) is 0 Å². The van der Waals surface area contributed by atoms with Crippen LogP contribution in [-0.2, 0) is 16.1 Å². The number of anilines is 1. The molecule has 0 unspecified atom stereocenters. The van der Waals surface area contributed by atoms with Gasteiger partial charge in [-0.15, -0.1) is 0 Å². The van der Waals surface area contributed by atoms with E-state index in [9.17, 15) is 9.59 Å². The number of rotatable bonds is 8. The molecule has 1 aromatic carbocycles. The monoisotopic (exact) mass is 412 g/mol. The number of thioether (sulfide) groups is 1. The molecule has 0 atom stereocenters. The summed E-state index contributed by atoms with van der Waals surface area (Å²) in [5.74, 6) is 1.55. The highest BCUT2D eigenvalue weighted by Gasteiger charge is 2.07. The summed E-state index contributed by atoms with van der Waals surface area (Å²) >= 11 is 4.74. The van der Waals surface area contributed by atoms with Crippen molar-refractivity contribution in [2.24, 2.45) is 0 Å². The van der Waals surface area contributed by atoms with Gasteiger partial charge in [-0.2, -0.15) is 16.7 Å². The van der Waals surface area contributed by atoms with Crippen LogP contribution in [0, 0.1) is 6.92 Å². The Hall–Kier alpha value is -1.87. The Morgan fingerprint density at radius 2 is 2.00 bits per heavy atom. The van der Waals surface area contributed by atoms with Crippen LogP contribution in [0.15, 0.2) is 33.3 Å². The summed E-state index contributed by atoms with van der Waals surface area (Å²) < 4.78 is 5.85. The number of amides is 2. The van der Waals surface area contributed by atoms with E-state index in [4.69, 9.17) is 4.52 Å². The fourth-order valence-corrected chi connectivity index (χ4v) is 2.73. The largest absolute Gasteiger partial charge is 0.347 e. The van der Waals surface area contributed by atoms with Crippen molar-refractivity contribution >= 4 is 45.2 Å². The molecule has 0 bridgehead atoms. The zero-order chi connectivity index (χ0) is 17.4. The summed E-state index contributed by atoms with van der Waals surface area (Å²) in [6, 6.07) is 7.36. The summed E-state index contributed by atoms with van der Waals surface area (Å²) in [6.45, 7) is 1.93. The molecule has 0 saturated carbocycles. The van der Waals surface area contributed by atoms with Crippen molar-refractivity contribution in [1.29, 1.82) is 0 Å². The van der Waals surface area contributed by atoms with Gasteiger partial charge in [-0.3, -0.25) is 9.59 Å². The van der Waals surface area contributed by atoms with E-state index in [-0.39, 0.29) is 18.4 Å². The third-order valence-corrected chi connectivity index (χ3v) is 4.33. The highest BCUT2D eigenvalue weighted by atomic mass is 79.9. The van der Waals surface area contributed by atoms with Gasteiger partial charge in [0, 0.05) is 22.3 Å². The Morgan fingerprint density at radius 3 is 2.67 bits per heavy atom. The van der Waals surface area contributed by atoms with Crippen LogP contribution in [0.2, 0.25) is 0 Å². The molecule has 0 aliphatic rings. The van der Waals surface area contributed by atoms with Crippen LogP contribution < -0.4 is 10.6 Å². The van der Waals surface area contributed by atoms with Gasteiger partial charge in [0.25, 0.3) is 0 Å². The topological polar surface area (TPSA) is 97.1 Å². The molecule has 2 aromatic rings. The Morgan fingerprint density at radius 1 is 1.25 bits per heavy atom. The first-order valence-corrected chi connectivity index (χ1v) is 9.17. The number of aryl methyl sites for hydroxylation is 1. The van der Waals surface area contributed by atoms with Gasteiger partial charge in [0.1, 0.15) is 0 Å². The van der Waals surface area contributed by atoms with Crippen molar-refractivity contribution in [1.82, 2.24) is 15.5 Å². The summed E-state index contributed by atoms with van der Waals surface area (Å²) in [5, 5.41) is 9.13. The second kappa shape index (κ2) is 9.43. The number of hydrogen-bond acceptors (Lipinski definition) is 6. The molecule has 1 heterocycles. The van der Waals surface area contributed by atoms with Gasteiger partial charge in [-0.05, 0) is 31.2 Å². The maximum atomic E-state index is 11.8. The van der Waals surface area contributed by atoms with Gasteiger partial charge >= 0.3 is 0 Å². The molecule has 0 radical (unpaired) electrons. The number of carbonyl (C=O) groups is 2. The van der Waals surface area contributed by atoms with Crippen LogP contribution in [-0.4, -0.2) is 33.5 Å². The molecular formula is C15H17BrN4O3S. The SMILES string of the molecule is Cc1noc(CNC(=O)CCSCC(=O)Nc2ccc(Br)cc2)n1. The molecule has 1 aromatic heterocycles. The molecule has 7 nitrogen and oxygen atoms in total. The minimum absolute atomic E-state index is 0.0935. The Kier molecular flexibility index (Phi) is 7.26. The number of halogens is 1. The maximum absolute atomic E-state index is 11.8. The zero-order valence-electron chi connectivity index (χ0n) is 13.0. The average molecular weight is 413 g/mol.